The van der Waals surface area contributed by atoms with E-state index >= 15 is 0 Å². The molecular weight excluding hydrogens is 275 g/mol. The van der Waals surface area contributed by atoms with Crippen molar-refractivity contribution in [1.82, 2.24) is 4.90 Å². The standard InChI is InChI=1S/C15H21FN2OS/c16-12-5-6-14(15(17)20)11(8-12)9-18-7-3-1-2-4-13(18)10-19/h5-6,8,13,19H,1-4,7,9-10H2,(H2,17,20). The third-order valence-electron chi connectivity index (χ3n) is 3.92. The second-order valence-corrected chi connectivity index (χ2v) is 5.76. The summed E-state index contributed by atoms with van der Waals surface area (Å²) in [6, 6.07) is 4.65. The van der Waals surface area contributed by atoms with Crippen molar-refractivity contribution in [3.8, 4) is 0 Å². The van der Waals surface area contributed by atoms with Crippen molar-refractivity contribution >= 4 is 17.2 Å². The number of likely N-dealkylation sites (tertiary alicyclic amines) is 1. The molecule has 1 aliphatic rings. The van der Waals surface area contributed by atoms with Crippen LogP contribution in [0.5, 0.6) is 0 Å². The van der Waals surface area contributed by atoms with Crippen LogP contribution in [0.3, 0.4) is 0 Å². The van der Waals surface area contributed by atoms with Gasteiger partial charge in [-0.25, -0.2) is 4.39 Å². The molecule has 0 amide bonds. The van der Waals surface area contributed by atoms with Gasteiger partial charge in [0, 0.05) is 18.2 Å². The molecule has 2 rings (SSSR count). The number of thiocarbonyl (C=S) groups is 1. The molecule has 1 heterocycles. The van der Waals surface area contributed by atoms with E-state index in [1.165, 1.54) is 18.6 Å². The lowest BCUT2D eigenvalue weighted by Gasteiger charge is -2.29. The maximum Gasteiger partial charge on any atom is 0.123 e. The Hall–Kier alpha value is -1.04. The molecule has 0 spiro atoms. The van der Waals surface area contributed by atoms with Crippen LogP contribution in [0.1, 0.15) is 36.8 Å². The highest BCUT2D eigenvalue weighted by atomic mass is 32.1. The predicted molar refractivity (Wildman–Crippen MR) is 82.0 cm³/mol. The second-order valence-electron chi connectivity index (χ2n) is 5.32. The molecule has 1 fully saturated rings. The lowest BCUT2D eigenvalue weighted by Crippen LogP contribution is -2.37. The quantitative estimate of drug-likeness (QED) is 0.836. The SMILES string of the molecule is NC(=S)c1ccc(F)cc1CN1CCCCCC1CO. The predicted octanol–water partition coefficient (Wildman–Crippen LogP) is 2.20. The molecule has 1 unspecified atom stereocenters. The smallest absolute Gasteiger partial charge is 0.123 e. The van der Waals surface area contributed by atoms with Crippen LogP contribution in [0.4, 0.5) is 4.39 Å². The topological polar surface area (TPSA) is 49.5 Å². The van der Waals surface area contributed by atoms with E-state index in [2.05, 4.69) is 4.90 Å². The number of aliphatic hydroxyl groups excluding tert-OH is 1. The van der Waals surface area contributed by atoms with Gasteiger partial charge >= 0.3 is 0 Å². The summed E-state index contributed by atoms with van der Waals surface area (Å²) < 4.78 is 13.5. The summed E-state index contributed by atoms with van der Waals surface area (Å²) in [5, 5.41) is 9.53. The molecule has 5 heteroatoms. The van der Waals surface area contributed by atoms with Crippen molar-refractivity contribution in [3.63, 3.8) is 0 Å². The highest BCUT2D eigenvalue weighted by molar-refractivity contribution is 7.80. The van der Waals surface area contributed by atoms with Crippen molar-refractivity contribution in [3.05, 3.63) is 35.1 Å². The highest BCUT2D eigenvalue weighted by Gasteiger charge is 2.21. The van der Waals surface area contributed by atoms with Crippen LogP contribution in [0.2, 0.25) is 0 Å². The minimum Gasteiger partial charge on any atom is -0.395 e. The Kier molecular flexibility index (Phi) is 5.46. The maximum atomic E-state index is 13.5. The molecule has 1 saturated heterocycles. The van der Waals surface area contributed by atoms with Gasteiger partial charge in [-0.2, -0.15) is 0 Å². The normalized spacial score (nSPS) is 20.6. The molecule has 0 saturated carbocycles. The van der Waals surface area contributed by atoms with Crippen LogP contribution < -0.4 is 5.73 Å². The molecule has 1 atom stereocenters. The monoisotopic (exact) mass is 296 g/mol. The average molecular weight is 296 g/mol. The molecule has 0 aromatic heterocycles. The molecule has 0 radical (unpaired) electrons. The van der Waals surface area contributed by atoms with Crippen molar-refractivity contribution in [2.24, 2.45) is 5.73 Å². The largest absolute Gasteiger partial charge is 0.395 e. The molecule has 1 aliphatic heterocycles. The minimum atomic E-state index is -0.282. The van der Waals surface area contributed by atoms with E-state index in [9.17, 15) is 9.50 Å². The Labute approximate surface area is 124 Å². The summed E-state index contributed by atoms with van der Waals surface area (Å²) in [7, 11) is 0. The van der Waals surface area contributed by atoms with E-state index < -0.39 is 0 Å². The summed E-state index contributed by atoms with van der Waals surface area (Å²) in [5.74, 6) is -0.282. The zero-order valence-corrected chi connectivity index (χ0v) is 12.3. The molecule has 0 bridgehead atoms. The Morgan fingerprint density at radius 3 is 2.90 bits per heavy atom. The van der Waals surface area contributed by atoms with Gasteiger partial charge in [0.05, 0.1) is 6.61 Å². The van der Waals surface area contributed by atoms with Crippen LogP contribution in [-0.4, -0.2) is 34.2 Å². The van der Waals surface area contributed by atoms with Gasteiger partial charge in [0.1, 0.15) is 10.8 Å². The maximum absolute atomic E-state index is 13.5. The summed E-state index contributed by atoms with van der Waals surface area (Å²) in [5.41, 5.74) is 7.24. The van der Waals surface area contributed by atoms with Gasteiger partial charge in [-0.3, -0.25) is 4.90 Å². The number of aliphatic hydroxyl groups is 1. The zero-order chi connectivity index (χ0) is 14.5. The zero-order valence-electron chi connectivity index (χ0n) is 11.5. The average Bonchev–Trinajstić information content (AvgIpc) is 2.63. The number of hydrogen-bond donors (Lipinski definition) is 2. The summed E-state index contributed by atoms with van der Waals surface area (Å²) in [6.45, 7) is 1.63. The van der Waals surface area contributed by atoms with Crippen molar-refractivity contribution in [1.29, 1.82) is 0 Å². The lowest BCUT2D eigenvalue weighted by molar-refractivity contribution is 0.118. The molecule has 3 N–H and O–H groups in total. The van der Waals surface area contributed by atoms with Crippen molar-refractivity contribution in [2.75, 3.05) is 13.2 Å². The number of nitrogens with two attached hydrogens (primary N) is 1. The fourth-order valence-corrected chi connectivity index (χ4v) is 3.00. The first-order valence-corrected chi connectivity index (χ1v) is 7.45. The fourth-order valence-electron chi connectivity index (χ4n) is 2.80. The van der Waals surface area contributed by atoms with Crippen molar-refractivity contribution in [2.45, 2.75) is 38.3 Å². The Morgan fingerprint density at radius 1 is 1.40 bits per heavy atom. The third-order valence-corrected chi connectivity index (χ3v) is 4.14. The van der Waals surface area contributed by atoms with E-state index in [1.807, 2.05) is 0 Å². The first kappa shape index (κ1) is 15.4. The number of benzene rings is 1. The Balaban J connectivity index is 2.22. The van der Waals surface area contributed by atoms with E-state index in [4.69, 9.17) is 18.0 Å². The first-order valence-electron chi connectivity index (χ1n) is 7.05. The Morgan fingerprint density at radius 2 is 2.20 bits per heavy atom. The number of hydrogen-bond acceptors (Lipinski definition) is 3. The van der Waals surface area contributed by atoms with E-state index in [1.54, 1.807) is 6.07 Å². The van der Waals surface area contributed by atoms with Crippen LogP contribution in [-0.2, 0) is 6.54 Å². The van der Waals surface area contributed by atoms with Crippen LogP contribution in [0.15, 0.2) is 18.2 Å². The molecule has 0 aliphatic carbocycles. The molecule has 3 nitrogen and oxygen atoms in total. The molecule has 20 heavy (non-hydrogen) atoms. The second kappa shape index (κ2) is 7.11. The molecular formula is C15H21FN2OS. The summed E-state index contributed by atoms with van der Waals surface area (Å²) in [6.07, 6.45) is 4.40. The van der Waals surface area contributed by atoms with E-state index in [-0.39, 0.29) is 23.5 Å². The molecule has 1 aromatic carbocycles. The first-order chi connectivity index (χ1) is 9.61. The lowest BCUT2D eigenvalue weighted by atomic mass is 10.1. The number of halogens is 1. The van der Waals surface area contributed by atoms with Gasteiger partial charge < -0.3 is 10.8 Å². The summed E-state index contributed by atoms with van der Waals surface area (Å²) >= 11 is 5.03. The van der Waals surface area contributed by atoms with Gasteiger partial charge in [-0.1, -0.05) is 25.1 Å². The van der Waals surface area contributed by atoms with Crippen LogP contribution >= 0.6 is 12.2 Å². The summed E-state index contributed by atoms with van der Waals surface area (Å²) in [4.78, 5) is 2.50. The van der Waals surface area contributed by atoms with Gasteiger partial charge in [0.2, 0.25) is 0 Å². The van der Waals surface area contributed by atoms with Gasteiger partial charge in [0.15, 0.2) is 0 Å². The Bertz CT molecular complexity index is 481. The minimum absolute atomic E-state index is 0.137. The molecule has 110 valence electrons. The van der Waals surface area contributed by atoms with Crippen molar-refractivity contribution < 1.29 is 9.50 Å². The molecule has 1 aromatic rings. The third kappa shape index (κ3) is 3.75. The number of rotatable bonds is 4. The van der Waals surface area contributed by atoms with Crippen LogP contribution in [0, 0.1) is 5.82 Å². The van der Waals surface area contributed by atoms with E-state index in [0.29, 0.717) is 6.54 Å². The van der Waals surface area contributed by atoms with Gasteiger partial charge in [-0.05, 0) is 43.1 Å². The van der Waals surface area contributed by atoms with Gasteiger partial charge in [-0.15, -0.1) is 0 Å². The van der Waals surface area contributed by atoms with Gasteiger partial charge in [0.25, 0.3) is 0 Å². The fraction of sp³-hybridized carbons (Fsp3) is 0.533. The highest BCUT2D eigenvalue weighted by Crippen LogP contribution is 2.21. The van der Waals surface area contributed by atoms with Crippen LogP contribution in [0.25, 0.3) is 0 Å². The van der Waals surface area contributed by atoms with E-state index in [0.717, 1.165) is 36.9 Å². The number of nitrogens with zero attached hydrogens (tertiary/aromatic N) is 1.